The number of hydrogen-bond donors (Lipinski definition) is 1. The maximum absolute atomic E-state index is 10.5. The van der Waals surface area contributed by atoms with Gasteiger partial charge in [0.05, 0.1) is 6.04 Å². The van der Waals surface area contributed by atoms with Crippen molar-refractivity contribution in [1.82, 2.24) is 5.32 Å². The van der Waals surface area contributed by atoms with Crippen LogP contribution in [0.25, 0.3) is 0 Å². The minimum Gasteiger partial charge on any atom is -0.362 e. The third kappa shape index (κ3) is 5.05. The molecule has 0 saturated heterocycles. The van der Waals surface area contributed by atoms with Crippen molar-refractivity contribution in [2.45, 2.75) is 32.1 Å². The molecule has 0 unspecified atom stereocenters. The van der Waals surface area contributed by atoms with Crippen LogP contribution in [-0.2, 0) is 9.53 Å². The molecule has 19 heavy (non-hydrogen) atoms. The van der Waals surface area contributed by atoms with E-state index in [0.717, 1.165) is 5.56 Å². The van der Waals surface area contributed by atoms with E-state index in [-0.39, 0.29) is 12.6 Å². The molecule has 0 bridgehead atoms. The molecule has 0 saturated carbocycles. The van der Waals surface area contributed by atoms with E-state index in [4.69, 9.17) is 4.74 Å². The number of carbonyl (C=O) groups is 1. The molecule has 104 valence electrons. The quantitative estimate of drug-likeness (QED) is 0.439. The maximum atomic E-state index is 10.5. The number of nitro groups is 1. The van der Waals surface area contributed by atoms with Crippen molar-refractivity contribution >= 4 is 6.41 Å². The second-order valence-corrected chi connectivity index (χ2v) is 4.37. The Bertz CT molecular complexity index is 410. The number of nitrogens with zero attached hydrogens (tertiary/aromatic N) is 1. The second-order valence-electron chi connectivity index (χ2n) is 4.37. The van der Waals surface area contributed by atoms with Gasteiger partial charge in [0.1, 0.15) is 12.2 Å². The van der Waals surface area contributed by atoms with Crippen molar-refractivity contribution in [3.05, 3.63) is 46.0 Å². The largest absolute Gasteiger partial charge is 0.362 e. The molecule has 0 aromatic heterocycles. The predicted octanol–water partition coefficient (Wildman–Crippen LogP) is 1.54. The van der Waals surface area contributed by atoms with Gasteiger partial charge in [-0.25, -0.2) is 0 Å². The van der Waals surface area contributed by atoms with E-state index < -0.39 is 17.1 Å². The van der Waals surface area contributed by atoms with E-state index in [1.807, 2.05) is 30.3 Å². The van der Waals surface area contributed by atoms with Crippen molar-refractivity contribution in [2.24, 2.45) is 0 Å². The first-order valence-electron chi connectivity index (χ1n) is 6.06. The van der Waals surface area contributed by atoms with Crippen LogP contribution >= 0.6 is 0 Å². The topological polar surface area (TPSA) is 81.5 Å². The average Bonchev–Trinajstić information content (AvgIpc) is 2.36. The standard InChI is InChI=1S/C13H18N2O4/c1-10(8-15(17)18)19-13(11(2)14-9-16)12-6-4-3-5-7-12/h3-7,9-11,13H,8H2,1-2H3,(H,14,16)/t10-,11+,13+/m1/s1. The third-order valence-corrected chi connectivity index (χ3v) is 2.70. The molecule has 0 aliphatic heterocycles. The van der Waals surface area contributed by atoms with Crippen LogP contribution < -0.4 is 5.32 Å². The molecule has 0 aliphatic rings. The zero-order valence-corrected chi connectivity index (χ0v) is 11.0. The lowest BCUT2D eigenvalue weighted by Gasteiger charge is -2.26. The number of hydrogen-bond acceptors (Lipinski definition) is 4. The van der Waals surface area contributed by atoms with E-state index in [1.165, 1.54) is 0 Å². The molecule has 0 fully saturated rings. The highest BCUT2D eigenvalue weighted by molar-refractivity contribution is 5.47. The Morgan fingerprint density at radius 3 is 2.53 bits per heavy atom. The summed E-state index contributed by atoms with van der Waals surface area (Å²) >= 11 is 0. The van der Waals surface area contributed by atoms with Gasteiger partial charge in [0, 0.05) is 4.92 Å². The fourth-order valence-electron chi connectivity index (χ4n) is 1.83. The van der Waals surface area contributed by atoms with Crippen molar-refractivity contribution < 1.29 is 14.5 Å². The monoisotopic (exact) mass is 266 g/mol. The van der Waals surface area contributed by atoms with Crippen LogP contribution in [0.15, 0.2) is 30.3 Å². The molecule has 1 aromatic carbocycles. The zero-order valence-electron chi connectivity index (χ0n) is 11.0. The SMILES string of the molecule is C[C@H](C[N+](=O)[O-])O[C@H](c1ccccc1)[C@H](C)NC=O. The highest BCUT2D eigenvalue weighted by atomic mass is 16.6. The Kier molecular flexibility index (Phi) is 5.95. The summed E-state index contributed by atoms with van der Waals surface area (Å²) < 4.78 is 5.70. The van der Waals surface area contributed by atoms with E-state index in [2.05, 4.69) is 5.32 Å². The van der Waals surface area contributed by atoms with Crippen molar-refractivity contribution in [3.8, 4) is 0 Å². The second kappa shape index (κ2) is 7.48. The predicted molar refractivity (Wildman–Crippen MR) is 70.3 cm³/mol. The minimum atomic E-state index is -0.531. The van der Waals surface area contributed by atoms with E-state index >= 15 is 0 Å². The Balaban J connectivity index is 2.81. The first-order chi connectivity index (χ1) is 9.04. The summed E-state index contributed by atoms with van der Waals surface area (Å²) in [5, 5.41) is 13.1. The van der Waals surface area contributed by atoms with Crippen LogP contribution in [-0.4, -0.2) is 30.0 Å². The average molecular weight is 266 g/mol. The van der Waals surface area contributed by atoms with Crippen LogP contribution in [0.4, 0.5) is 0 Å². The molecule has 0 heterocycles. The molecule has 1 aromatic rings. The molecule has 0 spiro atoms. The van der Waals surface area contributed by atoms with Gasteiger partial charge in [-0.15, -0.1) is 0 Å². The van der Waals surface area contributed by atoms with Gasteiger partial charge in [0.15, 0.2) is 0 Å². The normalized spacial score (nSPS) is 15.3. The summed E-state index contributed by atoms with van der Waals surface area (Å²) in [6.07, 6.45) is -0.347. The fraction of sp³-hybridized carbons (Fsp3) is 0.462. The van der Waals surface area contributed by atoms with Gasteiger partial charge in [-0.05, 0) is 19.4 Å². The summed E-state index contributed by atoms with van der Waals surface area (Å²) in [6.45, 7) is 3.18. The van der Waals surface area contributed by atoms with Crippen LogP contribution in [0.1, 0.15) is 25.5 Å². The summed E-state index contributed by atoms with van der Waals surface area (Å²) in [7, 11) is 0. The third-order valence-electron chi connectivity index (χ3n) is 2.70. The Morgan fingerprint density at radius 2 is 2.00 bits per heavy atom. The zero-order chi connectivity index (χ0) is 14.3. The number of benzene rings is 1. The van der Waals surface area contributed by atoms with Crippen LogP contribution in [0.3, 0.4) is 0 Å². The lowest BCUT2D eigenvalue weighted by molar-refractivity contribution is -0.491. The number of ether oxygens (including phenoxy) is 1. The van der Waals surface area contributed by atoms with Gasteiger partial charge in [0.25, 0.3) is 0 Å². The van der Waals surface area contributed by atoms with E-state index in [9.17, 15) is 14.9 Å². The summed E-state index contributed by atoms with van der Waals surface area (Å²) in [5.41, 5.74) is 0.875. The Morgan fingerprint density at radius 1 is 1.37 bits per heavy atom. The summed E-state index contributed by atoms with van der Waals surface area (Å²) in [4.78, 5) is 20.6. The Hall–Kier alpha value is -1.95. The first-order valence-corrected chi connectivity index (χ1v) is 6.06. The number of nitrogens with one attached hydrogen (secondary N) is 1. The lowest BCUT2D eigenvalue weighted by Crippen LogP contribution is -2.35. The van der Waals surface area contributed by atoms with Crippen molar-refractivity contribution in [1.29, 1.82) is 0 Å². The molecule has 1 N–H and O–H groups in total. The molecule has 6 nitrogen and oxygen atoms in total. The van der Waals surface area contributed by atoms with Gasteiger partial charge in [-0.1, -0.05) is 30.3 Å². The van der Waals surface area contributed by atoms with Crippen LogP contribution in [0.2, 0.25) is 0 Å². The summed E-state index contributed by atoms with van der Waals surface area (Å²) in [6, 6.07) is 9.06. The lowest BCUT2D eigenvalue weighted by atomic mass is 10.0. The highest BCUT2D eigenvalue weighted by Gasteiger charge is 2.23. The molecule has 1 rings (SSSR count). The van der Waals surface area contributed by atoms with Gasteiger partial charge < -0.3 is 10.1 Å². The molecular formula is C13H18N2O4. The number of rotatable bonds is 8. The maximum Gasteiger partial charge on any atom is 0.229 e. The number of carbonyl (C=O) groups excluding carboxylic acids is 1. The van der Waals surface area contributed by atoms with E-state index in [0.29, 0.717) is 6.41 Å². The first kappa shape index (κ1) is 15.1. The van der Waals surface area contributed by atoms with Gasteiger partial charge >= 0.3 is 0 Å². The molecular weight excluding hydrogens is 248 g/mol. The molecule has 6 heteroatoms. The Labute approximate surface area is 111 Å². The molecule has 3 atom stereocenters. The van der Waals surface area contributed by atoms with Crippen LogP contribution in [0, 0.1) is 10.1 Å². The smallest absolute Gasteiger partial charge is 0.229 e. The minimum absolute atomic E-state index is 0.267. The van der Waals surface area contributed by atoms with Crippen LogP contribution in [0.5, 0.6) is 0 Å². The number of amides is 1. The molecule has 1 amide bonds. The van der Waals surface area contributed by atoms with E-state index in [1.54, 1.807) is 13.8 Å². The van der Waals surface area contributed by atoms with Crippen molar-refractivity contribution in [3.63, 3.8) is 0 Å². The summed E-state index contributed by atoms with van der Waals surface area (Å²) in [5.74, 6) is 0. The van der Waals surface area contributed by atoms with Gasteiger partial charge in [-0.3, -0.25) is 14.9 Å². The van der Waals surface area contributed by atoms with Gasteiger partial charge in [-0.2, -0.15) is 0 Å². The molecule has 0 aliphatic carbocycles. The van der Waals surface area contributed by atoms with Crippen molar-refractivity contribution in [2.75, 3.05) is 6.54 Å². The molecule has 0 radical (unpaired) electrons. The highest BCUT2D eigenvalue weighted by Crippen LogP contribution is 2.22. The fourth-order valence-corrected chi connectivity index (χ4v) is 1.83. The van der Waals surface area contributed by atoms with Gasteiger partial charge in [0.2, 0.25) is 13.0 Å².